The normalized spacial score (nSPS) is 25.7. The van der Waals surface area contributed by atoms with Crippen LogP contribution in [0.3, 0.4) is 0 Å². The van der Waals surface area contributed by atoms with Crippen LogP contribution in [0.1, 0.15) is 29.6 Å². The summed E-state index contributed by atoms with van der Waals surface area (Å²) < 4.78 is 27.5. The molecular weight excluding hydrogens is 264 g/mol. The highest BCUT2D eigenvalue weighted by atomic mass is 19.1. The molecular formula is C14H17F2N3O. The van der Waals surface area contributed by atoms with E-state index in [1.54, 1.807) is 0 Å². The fourth-order valence-electron chi connectivity index (χ4n) is 3.27. The van der Waals surface area contributed by atoms with Crippen molar-refractivity contribution in [1.82, 2.24) is 10.2 Å². The van der Waals surface area contributed by atoms with E-state index in [0.717, 1.165) is 44.5 Å². The maximum absolute atomic E-state index is 13.8. The first-order chi connectivity index (χ1) is 9.58. The summed E-state index contributed by atoms with van der Waals surface area (Å²) >= 11 is 0. The number of rotatable bonds is 2. The van der Waals surface area contributed by atoms with Gasteiger partial charge in [0.2, 0.25) is 0 Å². The Hall–Kier alpha value is -1.69. The van der Waals surface area contributed by atoms with Gasteiger partial charge in [0.25, 0.3) is 5.91 Å². The Balaban J connectivity index is 1.79. The van der Waals surface area contributed by atoms with Crippen LogP contribution in [0.4, 0.5) is 14.5 Å². The highest BCUT2D eigenvalue weighted by Crippen LogP contribution is 2.28. The second-order valence-corrected chi connectivity index (χ2v) is 5.44. The number of benzene rings is 1. The second kappa shape index (κ2) is 5.01. The number of nitrogens with two attached hydrogens (primary N) is 1. The Morgan fingerprint density at radius 3 is 2.90 bits per heavy atom. The zero-order valence-corrected chi connectivity index (χ0v) is 11.0. The van der Waals surface area contributed by atoms with E-state index in [0.29, 0.717) is 6.04 Å². The fraction of sp³-hybridized carbons (Fsp3) is 0.500. The van der Waals surface area contributed by atoms with Crippen molar-refractivity contribution in [1.29, 1.82) is 0 Å². The number of nitrogens with one attached hydrogen (secondary N) is 1. The van der Waals surface area contributed by atoms with Crippen LogP contribution in [0, 0.1) is 11.6 Å². The number of hydrogen-bond acceptors (Lipinski definition) is 3. The molecule has 2 saturated heterocycles. The lowest BCUT2D eigenvalue weighted by molar-refractivity contribution is 0.0921. The third kappa shape index (κ3) is 2.14. The summed E-state index contributed by atoms with van der Waals surface area (Å²) in [7, 11) is 0. The first-order valence-corrected chi connectivity index (χ1v) is 6.86. The molecule has 1 amide bonds. The van der Waals surface area contributed by atoms with Crippen LogP contribution in [0.2, 0.25) is 0 Å². The molecule has 2 unspecified atom stereocenters. The van der Waals surface area contributed by atoms with Crippen LogP contribution >= 0.6 is 0 Å². The van der Waals surface area contributed by atoms with Crippen LogP contribution in [-0.2, 0) is 0 Å². The molecule has 4 nitrogen and oxygen atoms in total. The summed E-state index contributed by atoms with van der Waals surface area (Å²) in [4.78, 5) is 14.4. The summed E-state index contributed by atoms with van der Waals surface area (Å²) in [5.41, 5.74) is 4.59. The van der Waals surface area contributed by atoms with Gasteiger partial charge in [0.05, 0.1) is 5.69 Å². The largest absolute Gasteiger partial charge is 0.396 e. The Morgan fingerprint density at radius 2 is 2.10 bits per heavy atom. The van der Waals surface area contributed by atoms with Gasteiger partial charge in [-0.25, -0.2) is 8.78 Å². The van der Waals surface area contributed by atoms with Gasteiger partial charge in [0.15, 0.2) is 5.82 Å². The van der Waals surface area contributed by atoms with Crippen molar-refractivity contribution in [2.75, 3.05) is 18.8 Å². The molecule has 2 fully saturated rings. The number of carbonyl (C=O) groups excluding carboxylic acids is 1. The van der Waals surface area contributed by atoms with E-state index in [1.807, 2.05) is 0 Å². The van der Waals surface area contributed by atoms with E-state index in [2.05, 4.69) is 10.2 Å². The van der Waals surface area contributed by atoms with Crippen molar-refractivity contribution in [2.24, 2.45) is 0 Å². The topological polar surface area (TPSA) is 58.4 Å². The molecule has 2 atom stereocenters. The smallest absolute Gasteiger partial charge is 0.257 e. The van der Waals surface area contributed by atoms with Gasteiger partial charge in [-0.3, -0.25) is 9.69 Å². The Kier molecular flexibility index (Phi) is 3.33. The average Bonchev–Trinajstić information content (AvgIpc) is 2.99. The molecule has 3 rings (SSSR count). The van der Waals surface area contributed by atoms with Gasteiger partial charge in [-0.1, -0.05) is 0 Å². The van der Waals surface area contributed by atoms with Crippen LogP contribution in [0.25, 0.3) is 0 Å². The van der Waals surface area contributed by atoms with Crippen LogP contribution in [-0.4, -0.2) is 36.0 Å². The van der Waals surface area contributed by atoms with Gasteiger partial charge >= 0.3 is 0 Å². The zero-order chi connectivity index (χ0) is 14.3. The van der Waals surface area contributed by atoms with Crippen molar-refractivity contribution >= 4 is 11.6 Å². The standard InChI is InChI=1S/C14H17F2N3O/c15-8-3-4-9(17)13(16)12(8)14(20)18-10-5-7-19-6-1-2-11(10)19/h3-4,10-11H,1-2,5-7,17H2,(H,18,20). The molecule has 2 heterocycles. The molecule has 0 aliphatic carbocycles. The lowest BCUT2D eigenvalue weighted by atomic mass is 10.1. The number of nitrogen functional groups attached to an aromatic ring is 1. The minimum absolute atomic E-state index is 0.0368. The fourth-order valence-corrected chi connectivity index (χ4v) is 3.27. The number of anilines is 1. The minimum Gasteiger partial charge on any atom is -0.396 e. The van der Waals surface area contributed by atoms with Gasteiger partial charge < -0.3 is 11.1 Å². The second-order valence-electron chi connectivity index (χ2n) is 5.44. The quantitative estimate of drug-likeness (QED) is 0.808. The lowest BCUT2D eigenvalue weighted by Gasteiger charge is -2.21. The SMILES string of the molecule is Nc1ccc(F)c(C(=O)NC2CCN3CCCC23)c1F. The first-order valence-electron chi connectivity index (χ1n) is 6.86. The van der Waals surface area contributed by atoms with Crippen molar-refractivity contribution in [3.8, 4) is 0 Å². The molecule has 0 radical (unpaired) electrons. The van der Waals surface area contributed by atoms with Crippen molar-refractivity contribution < 1.29 is 13.6 Å². The summed E-state index contributed by atoms with van der Waals surface area (Å²) in [6, 6.07) is 2.40. The van der Waals surface area contributed by atoms with E-state index in [9.17, 15) is 13.6 Å². The van der Waals surface area contributed by atoms with E-state index in [4.69, 9.17) is 5.73 Å². The predicted octanol–water partition coefficient (Wildman–Crippen LogP) is 1.51. The zero-order valence-electron chi connectivity index (χ0n) is 11.0. The Morgan fingerprint density at radius 1 is 1.30 bits per heavy atom. The number of fused-ring (bicyclic) bond motifs is 1. The molecule has 1 aromatic rings. The number of nitrogens with zero attached hydrogens (tertiary/aromatic N) is 1. The van der Waals surface area contributed by atoms with Crippen LogP contribution in [0.5, 0.6) is 0 Å². The monoisotopic (exact) mass is 281 g/mol. The molecule has 0 bridgehead atoms. The summed E-state index contributed by atoms with van der Waals surface area (Å²) in [5, 5.41) is 2.76. The summed E-state index contributed by atoms with van der Waals surface area (Å²) in [6.45, 7) is 1.97. The Labute approximate surface area is 115 Å². The maximum atomic E-state index is 13.8. The van der Waals surface area contributed by atoms with E-state index in [1.165, 1.54) is 0 Å². The maximum Gasteiger partial charge on any atom is 0.257 e. The van der Waals surface area contributed by atoms with Crippen molar-refractivity contribution in [3.05, 3.63) is 29.3 Å². The van der Waals surface area contributed by atoms with Gasteiger partial charge in [-0.2, -0.15) is 0 Å². The Bertz CT molecular complexity index is 549. The number of amides is 1. The molecule has 1 aromatic carbocycles. The molecule has 20 heavy (non-hydrogen) atoms. The van der Waals surface area contributed by atoms with Crippen molar-refractivity contribution in [2.45, 2.75) is 31.3 Å². The number of hydrogen-bond donors (Lipinski definition) is 2. The number of halogens is 2. The van der Waals surface area contributed by atoms with Gasteiger partial charge in [0.1, 0.15) is 11.4 Å². The van der Waals surface area contributed by atoms with E-state index >= 15 is 0 Å². The highest BCUT2D eigenvalue weighted by molar-refractivity contribution is 5.96. The third-order valence-electron chi connectivity index (χ3n) is 4.27. The predicted molar refractivity (Wildman–Crippen MR) is 71.2 cm³/mol. The molecule has 0 aromatic heterocycles. The van der Waals surface area contributed by atoms with Gasteiger partial charge in [-0.15, -0.1) is 0 Å². The molecule has 0 saturated carbocycles. The molecule has 6 heteroatoms. The molecule has 2 aliphatic rings. The van der Waals surface area contributed by atoms with Gasteiger partial charge in [0, 0.05) is 18.6 Å². The summed E-state index contributed by atoms with van der Waals surface area (Å²) in [5.74, 6) is -2.58. The average molecular weight is 281 g/mol. The first kappa shape index (κ1) is 13.3. The highest BCUT2D eigenvalue weighted by Gasteiger charge is 2.38. The van der Waals surface area contributed by atoms with Crippen LogP contribution < -0.4 is 11.1 Å². The summed E-state index contributed by atoms with van der Waals surface area (Å²) in [6.07, 6.45) is 2.95. The number of carbonyl (C=O) groups is 1. The third-order valence-corrected chi connectivity index (χ3v) is 4.27. The molecule has 3 N–H and O–H groups in total. The minimum atomic E-state index is -0.983. The molecule has 108 valence electrons. The van der Waals surface area contributed by atoms with Gasteiger partial charge in [-0.05, 0) is 37.9 Å². The van der Waals surface area contributed by atoms with Crippen molar-refractivity contribution in [3.63, 3.8) is 0 Å². The van der Waals surface area contributed by atoms with E-state index in [-0.39, 0.29) is 11.7 Å². The van der Waals surface area contributed by atoms with E-state index < -0.39 is 23.1 Å². The molecule has 2 aliphatic heterocycles. The lowest BCUT2D eigenvalue weighted by Crippen LogP contribution is -2.42. The molecule has 0 spiro atoms. The van der Waals surface area contributed by atoms with Crippen LogP contribution in [0.15, 0.2) is 12.1 Å².